The van der Waals surface area contributed by atoms with E-state index in [1.807, 2.05) is 6.07 Å². The van der Waals surface area contributed by atoms with E-state index in [1.54, 1.807) is 0 Å². The molecule has 4 nitrogen and oxygen atoms in total. The van der Waals surface area contributed by atoms with Crippen molar-refractivity contribution in [1.29, 1.82) is 0 Å². The lowest BCUT2D eigenvalue weighted by atomic mass is 9.77. The van der Waals surface area contributed by atoms with Gasteiger partial charge in [0.2, 0.25) is 6.79 Å². The van der Waals surface area contributed by atoms with Crippen LogP contribution in [-0.4, -0.2) is 38.0 Å². The fourth-order valence-corrected chi connectivity index (χ4v) is 3.16. The van der Waals surface area contributed by atoms with Crippen LogP contribution in [0.4, 0.5) is 0 Å². The van der Waals surface area contributed by atoms with Gasteiger partial charge in [-0.3, -0.25) is 4.90 Å². The van der Waals surface area contributed by atoms with Crippen molar-refractivity contribution in [1.82, 2.24) is 4.90 Å². The zero-order chi connectivity index (χ0) is 12.7. The lowest BCUT2D eigenvalue weighted by Gasteiger charge is -2.47. The monoisotopic (exact) mass is 261 g/mol. The second-order valence-corrected chi connectivity index (χ2v) is 5.96. The molecular formula is C15H19NO3. The number of ether oxygens (including phenoxy) is 3. The summed E-state index contributed by atoms with van der Waals surface area (Å²) in [5, 5.41) is 0. The van der Waals surface area contributed by atoms with Crippen molar-refractivity contribution in [2.75, 3.05) is 33.1 Å². The summed E-state index contributed by atoms with van der Waals surface area (Å²) in [7, 11) is 0. The predicted molar refractivity (Wildman–Crippen MR) is 70.3 cm³/mol. The van der Waals surface area contributed by atoms with Gasteiger partial charge in [-0.1, -0.05) is 6.07 Å². The zero-order valence-corrected chi connectivity index (χ0v) is 11.1. The van der Waals surface area contributed by atoms with E-state index in [-0.39, 0.29) is 0 Å². The van der Waals surface area contributed by atoms with Crippen molar-refractivity contribution < 1.29 is 14.2 Å². The third-order valence-corrected chi connectivity index (χ3v) is 4.58. The summed E-state index contributed by atoms with van der Waals surface area (Å²) in [5.74, 6) is 1.76. The van der Waals surface area contributed by atoms with Crippen molar-refractivity contribution >= 4 is 0 Å². The molecule has 0 aliphatic carbocycles. The number of piperidine rings is 1. The first-order valence-electron chi connectivity index (χ1n) is 7.02. The van der Waals surface area contributed by atoms with Gasteiger partial charge in [0.1, 0.15) is 0 Å². The van der Waals surface area contributed by atoms with Crippen LogP contribution in [0.5, 0.6) is 11.5 Å². The van der Waals surface area contributed by atoms with Crippen LogP contribution in [0.15, 0.2) is 18.2 Å². The lowest BCUT2D eigenvalue weighted by molar-refractivity contribution is -0.140. The van der Waals surface area contributed by atoms with E-state index in [1.165, 1.54) is 31.5 Å². The molecule has 4 rings (SSSR count). The maximum atomic E-state index is 5.43. The van der Waals surface area contributed by atoms with Crippen LogP contribution in [-0.2, 0) is 11.3 Å². The van der Waals surface area contributed by atoms with Gasteiger partial charge in [-0.25, -0.2) is 0 Å². The van der Waals surface area contributed by atoms with Crippen molar-refractivity contribution in [2.24, 2.45) is 5.41 Å². The number of rotatable bonds is 2. The Morgan fingerprint density at radius 2 is 1.84 bits per heavy atom. The fraction of sp³-hybridized carbons (Fsp3) is 0.600. The van der Waals surface area contributed by atoms with Crippen LogP contribution in [0.1, 0.15) is 18.4 Å². The lowest BCUT2D eigenvalue weighted by Crippen LogP contribution is -2.50. The summed E-state index contributed by atoms with van der Waals surface area (Å²) in [5.41, 5.74) is 1.83. The van der Waals surface area contributed by atoms with Crippen LogP contribution in [0.2, 0.25) is 0 Å². The molecule has 0 atom stereocenters. The Labute approximate surface area is 113 Å². The molecule has 3 aliphatic heterocycles. The Balaban J connectivity index is 1.39. The molecule has 0 bridgehead atoms. The molecule has 102 valence electrons. The maximum absolute atomic E-state index is 5.43. The van der Waals surface area contributed by atoms with Gasteiger partial charge >= 0.3 is 0 Å². The van der Waals surface area contributed by atoms with E-state index in [9.17, 15) is 0 Å². The van der Waals surface area contributed by atoms with E-state index in [0.717, 1.165) is 31.3 Å². The standard InChI is InChI=1S/C15H19NO3/c1-2-13-14(19-11-18-13)7-12(1)8-16-5-3-15(4-6-16)9-17-10-15/h1-2,7H,3-6,8-11H2. The number of hydrogen-bond donors (Lipinski definition) is 0. The normalized spacial score (nSPS) is 24.4. The molecule has 4 heteroatoms. The highest BCUT2D eigenvalue weighted by Gasteiger charge is 2.40. The SMILES string of the molecule is c1cc2c(cc1CN1CCC3(CC1)COC3)OCO2. The third kappa shape index (κ3) is 2.09. The van der Waals surface area contributed by atoms with Crippen LogP contribution in [0, 0.1) is 5.41 Å². The summed E-state index contributed by atoms with van der Waals surface area (Å²) in [4.78, 5) is 2.53. The average Bonchev–Trinajstić information content (AvgIpc) is 2.85. The van der Waals surface area contributed by atoms with Crippen LogP contribution < -0.4 is 9.47 Å². The first-order valence-corrected chi connectivity index (χ1v) is 7.02. The summed E-state index contributed by atoms with van der Waals surface area (Å²) in [6.07, 6.45) is 2.55. The Kier molecular flexibility index (Phi) is 2.67. The molecule has 2 fully saturated rings. The van der Waals surface area contributed by atoms with E-state index < -0.39 is 0 Å². The minimum atomic E-state index is 0.352. The number of benzene rings is 1. The Morgan fingerprint density at radius 3 is 2.58 bits per heavy atom. The van der Waals surface area contributed by atoms with E-state index in [0.29, 0.717) is 12.2 Å². The topological polar surface area (TPSA) is 30.9 Å². The van der Waals surface area contributed by atoms with Crippen LogP contribution in [0.3, 0.4) is 0 Å². The quantitative estimate of drug-likeness (QED) is 0.815. The molecule has 0 aromatic heterocycles. The Bertz CT molecular complexity index is 474. The minimum Gasteiger partial charge on any atom is -0.454 e. The summed E-state index contributed by atoms with van der Waals surface area (Å²) < 4.78 is 16.1. The van der Waals surface area contributed by atoms with Crippen molar-refractivity contribution in [3.8, 4) is 11.5 Å². The maximum Gasteiger partial charge on any atom is 0.231 e. The number of nitrogens with zero attached hydrogens (tertiary/aromatic N) is 1. The predicted octanol–water partition coefficient (Wildman–Crippen LogP) is 2.03. The molecule has 2 saturated heterocycles. The molecule has 3 aliphatic rings. The molecule has 3 heterocycles. The van der Waals surface area contributed by atoms with Gasteiger partial charge in [0, 0.05) is 12.0 Å². The first-order chi connectivity index (χ1) is 9.33. The zero-order valence-electron chi connectivity index (χ0n) is 11.1. The largest absolute Gasteiger partial charge is 0.454 e. The molecule has 0 N–H and O–H groups in total. The third-order valence-electron chi connectivity index (χ3n) is 4.58. The highest BCUT2D eigenvalue weighted by Crippen LogP contribution is 2.39. The van der Waals surface area contributed by atoms with Crippen molar-refractivity contribution in [2.45, 2.75) is 19.4 Å². The molecule has 0 saturated carbocycles. The smallest absolute Gasteiger partial charge is 0.231 e. The fourth-order valence-electron chi connectivity index (χ4n) is 3.16. The molecule has 0 radical (unpaired) electrons. The summed E-state index contributed by atoms with van der Waals surface area (Å²) in [6, 6.07) is 6.27. The molecule has 0 amide bonds. The van der Waals surface area contributed by atoms with Gasteiger partial charge in [0.15, 0.2) is 11.5 Å². The van der Waals surface area contributed by atoms with E-state index in [4.69, 9.17) is 14.2 Å². The molecule has 1 aromatic carbocycles. The van der Waals surface area contributed by atoms with Gasteiger partial charge in [0.25, 0.3) is 0 Å². The molecule has 1 spiro atoms. The van der Waals surface area contributed by atoms with E-state index in [2.05, 4.69) is 17.0 Å². The molecule has 19 heavy (non-hydrogen) atoms. The molecule has 1 aromatic rings. The van der Waals surface area contributed by atoms with Gasteiger partial charge in [0.05, 0.1) is 13.2 Å². The van der Waals surface area contributed by atoms with E-state index >= 15 is 0 Å². The number of likely N-dealkylation sites (tertiary alicyclic amines) is 1. The summed E-state index contributed by atoms with van der Waals surface area (Å²) >= 11 is 0. The first kappa shape index (κ1) is 11.6. The van der Waals surface area contributed by atoms with Gasteiger partial charge in [-0.05, 0) is 43.6 Å². The van der Waals surface area contributed by atoms with Crippen molar-refractivity contribution in [3.05, 3.63) is 23.8 Å². The van der Waals surface area contributed by atoms with Crippen LogP contribution in [0.25, 0.3) is 0 Å². The number of fused-ring (bicyclic) bond motifs is 1. The van der Waals surface area contributed by atoms with Crippen LogP contribution >= 0.6 is 0 Å². The van der Waals surface area contributed by atoms with Gasteiger partial charge in [-0.2, -0.15) is 0 Å². The Hall–Kier alpha value is -1.26. The second-order valence-electron chi connectivity index (χ2n) is 5.96. The number of hydrogen-bond acceptors (Lipinski definition) is 4. The highest BCUT2D eigenvalue weighted by molar-refractivity contribution is 5.44. The van der Waals surface area contributed by atoms with Crippen molar-refractivity contribution in [3.63, 3.8) is 0 Å². The van der Waals surface area contributed by atoms with Gasteiger partial charge < -0.3 is 14.2 Å². The average molecular weight is 261 g/mol. The minimum absolute atomic E-state index is 0.352. The summed E-state index contributed by atoms with van der Waals surface area (Å²) in [6.45, 7) is 5.67. The second kappa shape index (κ2) is 4.39. The molecular weight excluding hydrogens is 242 g/mol. The van der Waals surface area contributed by atoms with Gasteiger partial charge in [-0.15, -0.1) is 0 Å². The molecule has 0 unspecified atom stereocenters. The Morgan fingerprint density at radius 1 is 1.05 bits per heavy atom. The highest BCUT2D eigenvalue weighted by atomic mass is 16.7.